The van der Waals surface area contributed by atoms with E-state index in [4.69, 9.17) is 4.74 Å². The van der Waals surface area contributed by atoms with Crippen LogP contribution in [0.2, 0.25) is 0 Å². The SMILES string of the molecule is CNC(=O)NC(=O)COC(=O)c1sc(C)nc1-c1ccccc1. The molecule has 0 atom stereocenters. The van der Waals surface area contributed by atoms with E-state index in [1.54, 1.807) is 6.92 Å². The van der Waals surface area contributed by atoms with Gasteiger partial charge in [-0.25, -0.2) is 14.6 Å². The summed E-state index contributed by atoms with van der Waals surface area (Å²) in [7, 11) is 1.38. The lowest BCUT2D eigenvalue weighted by Gasteiger charge is -2.05. The zero-order chi connectivity index (χ0) is 16.8. The van der Waals surface area contributed by atoms with Crippen molar-refractivity contribution in [3.05, 3.63) is 40.2 Å². The summed E-state index contributed by atoms with van der Waals surface area (Å²) in [6.07, 6.45) is 0. The van der Waals surface area contributed by atoms with Crippen molar-refractivity contribution in [2.75, 3.05) is 13.7 Å². The minimum absolute atomic E-state index is 0.321. The van der Waals surface area contributed by atoms with Gasteiger partial charge in [-0.2, -0.15) is 0 Å². The Morgan fingerprint density at radius 3 is 2.57 bits per heavy atom. The van der Waals surface area contributed by atoms with E-state index in [-0.39, 0.29) is 0 Å². The molecule has 7 nitrogen and oxygen atoms in total. The normalized spacial score (nSPS) is 10.0. The molecule has 0 saturated heterocycles. The maximum Gasteiger partial charge on any atom is 0.351 e. The predicted octanol–water partition coefficient (Wildman–Crippen LogP) is 1.73. The lowest BCUT2D eigenvalue weighted by Crippen LogP contribution is -2.39. The molecule has 120 valence electrons. The Kier molecular flexibility index (Phi) is 5.42. The first-order valence-corrected chi connectivity index (χ1v) is 7.54. The second-order valence-electron chi connectivity index (χ2n) is 4.48. The van der Waals surface area contributed by atoms with Crippen LogP contribution in [0.15, 0.2) is 30.3 Å². The van der Waals surface area contributed by atoms with Gasteiger partial charge in [0.15, 0.2) is 6.61 Å². The van der Waals surface area contributed by atoms with Crippen molar-refractivity contribution in [1.29, 1.82) is 0 Å². The van der Waals surface area contributed by atoms with Crippen molar-refractivity contribution < 1.29 is 19.1 Å². The molecule has 0 radical (unpaired) electrons. The molecule has 0 unspecified atom stereocenters. The average molecular weight is 333 g/mol. The molecule has 0 aliphatic rings. The molecule has 1 aromatic heterocycles. The first kappa shape index (κ1) is 16.6. The number of esters is 1. The average Bonchev–Trinajstić information content (AvgIpc) is 2.95. The van der Waals surface area contributed by atoms with Crippen molar-refractivity contribution in [3.63, 3.8) is 0 Å². The Morgan fingerprint density at radius 1 is 1.22 bits per heavy atom. The number of benzene rings is 1. The molecule has 2 N–H and O–H groups in total. The van der Waals surface area contributed by atoms with Crippen LogP contribution in [0, 0.1) is 6.92 Å². The summed E-state index contributed by atoms with van der Waals surface area (Å²) in [5.41, 5.74) is 1.31. The second-order valence-corrected chi connectivity index (χ2v) is 5.68. The van der Waals surface area contributed by atoms with Gasteiger partial charge in [-0.1, -0.05) is 30.3 Å². The van der Waals surface area contributed by atoms with Gasteiger partial charge in [0.2, 0.25) is 0 Å². The number of ether oxygens (including phenoxy) is 1. The summed E-state index contributed by atoms with van der Waals surface area (Å²) in [4.78, 5) is 39.3. The number of urea groups is 1. The standard InChI is InChI=1S/C15H15N3O4S/c1-9-17-12(10-6-4-3-5-7-10)13(23-9)14(20)22-8-11(19)18-15(21)16-2/h3-7H,8H2,1-2H3,(H2,16,18,19,21). The molecule has 0 saturated carbocycles. The van der Waals surface area contributed by atoms with Crippen LogP contribution >= 0.6 is 11.3 Å². The Balaban J connectivity index is 2.09. The molecule has 8 heteroatoms. The van der Waals surface area contributed by atoms with E-state index in [0.29, 0.717) is 15.6 Å². The Morgan fingerprint density at radius 2 is 1.91 bits per heavy atom. The van der Waals surface area contributed by atoms with Crippen LogP contribution < -0.4 is 10.6 Å². The third-order valence-corrected chi connectivity index (χ3v) is 3.73. The highest BCUT2D eigenvalue weighted by Gasteiger charge is 2.20. The first-order chi connectivity index (χ1) is 11.0. The number of carbonyl (C=O) groups is 3. The lowest BCUT2D eigenvalue weighted by molar-refractivity contribution is -0.123. The molecule has 0 aliphatic carbocycles. The number of amides is 3. The van der Waals surface area contributed by atoms with Gasteiger partial charge in [0.1, 0.15) is 4.88 Å². The van der Waals surface area contributed by atoms with Crippen LogP contribution in [0.3, 0.4) is 0 Å². The van der Waals surface area contributed by atoms with E-state index >= 15 is 0 Å². The molecule has 0 fully saturated rings. The van der Waals surface area contributed by atoms with E-state index in [9.17, 15) is 14.4 Å². The van der Waals surface area contributed by atoms with Gasteiger partial charge in [-0.15, -0.1) is 11.3 Å². The van der Waals surface area contributed by atoms with Crippen LogP contribution in [0.1, 0.15) is 14.7 Å². The van der Waals surface area contributed by atoms with Crippen LogP contribution in [0.25, 0.3) is 11.3 Å². The second kappa shape index (κ2) is 7.50. The highest BCUT2D eigenvalue weighted by atomic mass is 32.1. The maximum absolute atomic E-state index is 12.2. The number of imide groups is 1. The van der Waals surface area contributed by atoms with Crippen molar-refractivity contribution >= 4 is 29.2 Å². The number of nitrogens with one attached hydrogen (secondary N) is 2. The minimum Gasteiger partial charge on any atom is -0.451 e. The summed E-state index contributed by atoms with van der Waals surface area (Å²) in [6, 6.07) is 8.56. The van der Waals surface area contributed by atoms with E-state index in [0.717, 1.165) is 5.56 Å². The fraction of sp³-hybridized carbons (Fsp3) is 0.200. The minimum atomic E-state index is -0.708. The largest absolute Gasteiger partial charge is 0.451 e. The molecule has 0 spiro atoms. The first-order valence-electron chi connectivity index (χ1n) is 6.72. The number of carbonyl (C=O) groups excluding carboxylic acids is 3. The Labute approximate surface area is 136 Å². The number of nitrogens with zero attached hydrogens (tertiary/aromatic N) is 1. The fourth-order valence-corrected chi connectivity index (χ4v) is 2.61. The van der Waals surface area contributed by atoms with E-state index < -0.39 is 24.5 Å². The van der Waals surface area contributed by atoms with Crippen LogP contribution in [0.4, 0.5) is 4.79 Å². The van der Waals surface area contributed by atoms with Gasteiger partial charge < -0.3 is 10.1 Å². The van der Waals surface area contributed by atoms with Gasteiger partial charge in [-0.3, -0.25) is 10.1 Å². The van der Waals surface area contributed by atoms with Crippen LogP contribution in [-0.4, -0.2) is 36.5 Å². The predicted molar refractivity (Wildman–Crippen MR) is 85.2 cm³/mol. The van der Waals surface area contributed by atoms with Gasteiger partial charge >= 0.3 is 12.0 Å². The molecule has 0 aliphatic heterocycles. The molecule has 2 rings (SSSR count). The molecule has 0 bridgehead atoms. The summed E-state index contributed by atoms with van der Waals surface area (Å²) in [6.45, 7) is 1.24. The summed E-state index contributed by atoms with van der Waals surface area (Å²) in [5.74, 6) is -1.36. The number of thiazole rings is 1. The molecular weight excluding hydrogens is 318 g/mol. The number of aryl methyl sites for hydroxylation is 1. The van der Waals surface area contributed by atoms with E-state index in [1.807, 2.05) is 35.6 Å². The summed E-state index contributed by atoms with van der Waals surface area (Å²) in [5, 5.41) is 4.95. The molecule has 23 heavy (non-hydrogen) atoms. The monoisotopic (exact) mass is 333 g/mol. The quantitative estimate of drug-likeness (QED) is 0.831. The Hall–Kier alpha value is -2.74. The topological polar surface area (TPSA) is 97.4 Å². The van der Waals surface area contributed by atoms with Crippen LogP contribution in [0.5, 0.6) is 0 Å². The van der Waals surface area contributed by atoms with Crippen molar-refractivity contribution in [3.8, 4) is 11.3 Å². The van der Waals surface area contributed by atoms with Gasteiger partial charge in [0.05, 0.1) is 10.7 Å². The molecular formula is C15H15N3O4S. The number of hydrogen-bond acceptors (Lipinski definition) is 6. The smallest absolute Gasteiger partial charge is 0.351 e. The van der Waals surface area contributed by atoms with Crippen molar-refractivity contribution in [1.82, 2.24) is 15.6 Å². The number of aromatic nitrogens is 1. The molecule has 2 aromatic rings. The van der Waals surface area contributed by atoms with Crippen molar-refractivity contribution in [2.24, 2.45) is 0 Å². The maximum atomic E-state index is 12.2. The van der Waals surface area contributed by atoms with Gasteiger partial charge in [-0.05, 0) is 6.92 Å². The van der Waals surface area contributed by atoms with Gasteiger partial charge in [0, 0.05) is 12.6 Å². The highest BCUT2D eigenvalue weighted by Crippen LogP contribution is 2.28. The number of rotatable bonds is 4. The lowest BCUT2D eigenvalue weighted by atomic mass is 10.1. The fourth-order valence-electron chi connectivity index (χ4n) is 1.78. The molecule has 1 heterocycles. The van der Waals surface area contributed by atoms with Gasteiger partial charge in [0.25, 0.3) is 5.91 Å². The highest BCUT2D eigenvalue weighted by molar-refractivity contribution is 7.14. The van der Waals surface area contributed by atoms with E-state index in [2.05, 4.69) is 10.3 Å². The van der Waals surface area contributed by atoms with Crippen molar-refractivity contribution in [2.45, 2.75) is 6.92 Å². The van der Waals surface area contributed by atoms with E-state index in [1.165, 1.54) is 18.4 Å². The summed E-state index contributed by atoms with van der Waals surface area (Å²) < 4.78 is 4.95. The molecule has 3 amide bonds. The summed E-state index contributed by atoms with van der Waals surface area (Å²) >= 11 is 1.19. The molecule has 1 aromatic carbocycles. The zero-order valence-electron chi connectivity index (χ0n) is 12.6. The third kappa shape index (κ3) is 4.36. The third-order valence-electron chi connectivity index (χ3n) is 2.78. The number of hydrogen-bond donors (Lipinski definition) is 2. The zero-order valence-corrected chi connectivity index (χ0v) is 13.4. The van der Waals surface area contributed by atoms with Crippen LogP contribution in [-0.2, 0) is 9.53 Å². The Bertz CT molecular complexity index is 728.